The number of nitrogen functional groups attached to an aromatic ring is 1. The topological polar surface area (TPSA) is 91.6 Å². The van der Waals surface area contributed by atoms with Gasteiger partial charge in [0.2, 0.25) is 10.0 Å². The third-order valence-corrected chi connectivity index (χ3v) is 6.44. The van der Waals surface area contributed by atoms with Crippen LogP contribution in [0, 0.1) is 0 Å². The minimum absolute atomic E-state index is 0.117. The molecular formula is C12H18BrN5O2S. The van der Waals surface area contributed by atoms with E-state index in [2.05, 4.69) is 31.2 Å². The number of aromatic nitrogens is 1. The molecule has 0 saturated carbocycles. The molecule has 3 rings (SSSR count). The van der Waals surface area contributed by atoms with Gasteiger partial charge in [0.15, 0.2) is 5.82 Å². The van der Waals surface area contributed by atoms with Crippen molar-refractivity contribution in [3.8, 4) is 0 Å². The fourth-order valence-electron chi connectivity index (χ4n) is 3.05. The lowest BCUT2D eigenvalue weighted by atomic mass is 10.2. The first-order chi connectivity index (χ1) is 10.0. The van der Waals surface area contributed by atoms with E-state index in [0.29, 0.717) is 23.6 Å². The van der Waals surface area contributed by atoms with Crippen LogP contribution >= 0.6 is 15.9 Å². The van der Waals surface area contributed by atoms with Gasteiger partial charge in [0.1, 0.15) is 4.90 Å². The fourth-order valence-corrected chi connectivity index (χ4v) is 5.13. The molecule has 1 aromatic rings. The van der Waals surface area contributed by atoms with Crippen molar-refractivity contribution >= 4 is 31.8 Å². The predicted molar refractivity (Wildman–Crippen MR) is 83.1 cm³/mol. The predicted octanol–water partition coefficient (Wildman–Crippen LogP) is 0.598. The van der Waals surface area contributed by atoms with Gasteiger partial charge in [0.25, 0.3) is 0 Å². The third kappa shape index (κ3) is 2.80. The van der Waals surface area contributed by atoms with Gasteiger partial charge in [-0.1, -0.05) is 0 Å². The molecule has 2 saturated heterocycles. The Morgan fingerprint density at radius 1 is 1.38 bits per heavy atom. The van der Waals surface area contributed by atoms with Crippen LogP contribution in [-0.4, -0.2) is 54.8 Å². The lowest BCUT2D eigenvalue weighted by Crippen LogP contribution is -2.52. The number of piperazine rings is 1. The Balaban J connectivity index is 1.91. The number of halogens is 1. The van der Waals surface area contributed by atoms with Gasteiger partial charge in [-0.3, -0.25) is 4.90 Å². The number of hydrogen-bond donors (Lipinski definition) is 2. The molecule has 2 aliphatic heterocycles. The lowest BCUT2D eigenvalue weighted by molar-refractivity contribution is 0.158. The van der Waals surface area contributed by atoms with Gasteiger partial charge in [-0.25, -0.2) is 19.2 Å². The summed E-state index contributed by atoms with van der Waals surface area (Å²) in [6.45, 7) is 2.91. The second kappa shape index (κ2) is 5.81. The Hall–Kier alpha value is -0.740. The van der Waals surface area contributed by atoms with E-state index in [1.807, 2.05) is 0 Å². The number of sulfonamides is 1. The van der Waals surface area contributed by atoms with E-state index in [0.717, 1.165) is 25.9 Å². The van der Waals surface area contributed by atoms with Gasteiger partial charge in [-0.05, 0) is 41.4 Å². The monoisotopic (exact) mass is 375 g/mol. The molecule has 1 atom stereocenters. The molecule has 2 fully saturated rings. The molecule has 0 aliphatic carbocycles. The quantitative estimate of drug-likeness (QED) is 0.593. The molecule has 3 N–H and O–H groups in total. The summed E-state index contributed by atoms with van der Waals surface area (Å²) in [6, 6.07) is 1.88. The van der Waals surface area contributed by atoms with Gasteiger partial charge >= 0.3 is 0 Å². The van der Waals surface area contributed by atoms with Crippen molar-refractivity contribution in [3.63, 3.8) is 0 Å². The number of anilines is 1. The Morgan fingerprint density at radius 3 is 2.95 bits per heavy atom. The van der Waals surface area contributed by atoms with Gasteiger partial charge in [-0.15, -0.1) is 0 Å². The first-order valence-electron chi connectivity index (χ1n) is 6.89. The molecular weight excluding hydrogens is 358 g/mol. The second-order valence-corrected chi connectivity index (χ2v) is 8.16. The Kier molecular flexibility index (Phi) is 4.19. The van der Waals surface area contributed by atoms with E-state index in [-0.39, 0.29) is 10.7 Å². The molecule has 9 heteroatoms. The number of hydrazine groups is 1. The van der Waals surface area contributed by atoms with E-state index in [9.17, 15) is 8.42 Å². The summed E-state index contributed by atoms with van der Waals surface area (Å²) < 4.78 is 27.9. The maximum absolute atomic E-state index is 12.9. The van der Waals surface area contributed by atoms with Crippen LogP contribution in [0.4, 0.5) is 5.82 Å². The van der Waals surface area contributed by atoms with Crippen LogP contribution in [0.25, 0.3) is 0 Å². The third-order valence-electron chi connectivity index (χ3n) is 4.12. The summed E-state index contributed by atoms with van der Waals surface area (Å²) >= 11 is 3.26. The Bertz CT molecular complexity index is 639. The number of nitrogens with zero attached hydrogens (tertiary/aromatic N) is 3. The maximum atomic E-state index is 12.9. The average Bonchev–Trinajstić information content (AvgIpc) is 2.94. The molecule has 21 heavy (non-hydrogen) atoms. The minimum Gasteiger partial charge on any atom is -0.307 e. The van der Waals surface area contributed by atoms with E-state index in [4.69, 9.17) is 5.84 Å². The van der Waals surface area contributed by atoms with Crippen LogP contribution in [0.3, 0.4) is 0 Å². The van der Waals surface area contributed by atoms with Crippen molar-refractivity contribution in [1.29, 1.82) is 0 Å². The Morgan fingerprint density at radius 2 is 2.19 bits per heavy atom. The standard InChI is InChI=1S/C12H18BrN5O2S/c13-9-6-11(12(16-14)15-7-9)21(19,20)18-5-4-17-3-1-2-10(17)8-18/h6-7,10H,1-5,8,14H2,(H,15,16). The average molecular weight is 376 g/mol. The number of rotatable bonds is 3. The molecule has 2 aliphatic rings. The van der Waals surface area contributed by atoms with Crippen LogP contribution in [0.1, 0.15) is 12.8 Å². The van der Waals surface area contributed by atoms with Crippen molar-refractivity contribution in [2.24, 2.45) is 5.84 Å². The first kappa shape index (κ1) is 15.2. The SMILES string of the molecule is NNc1ncc(Br)cc1S(=O)(=O)N1CCN2CCCC2C1. The van der Waals surface area contributed by atoms with E-state index >= 15 is 0 Å². The van der Waals surface area contributed by atoms with Crippen molar-refractivity contribution in [1.82, 2.24) is 14.2 Å². The molecule has 3 heterocycles. The molecule has 116 valence electrons. The van der Waals surface area contributed by atoms with Gasteiger partial charge < -0.3 is 5.43 Å². The van der Waals surface area contributed by atoms with Gasteiger partial charge in [0.05, 0.1) is 0 Å². The van der Waals surface area contributed by atoms with Crippen LogP contribution < -0.4 is 11.3 Å². The summed E-state index contributed by atoms with van der Waals surface area (Å²) in [5.41, 5.74) is 2.37. The normalized spacial score (nSPS) is 24.0. The number of fused-ring (bicyclic) bond motifs is 1. The highest BCUT2D eigenvalue weighted by molar-refractivity contribution is 9.10. The van der Waals surface area contributed by atoms with E-state index in [1.165, 1.54) is 6.20 Å². The van der Waals surface area contributed by atoms with Crippen LogP contribution in [0.15, 0.2) is 21.6 Å². The smallest absolute Gasteiger partial charge is 0.246 e. The zero-order valence-corrected chi connectivity index (χ0v) is 13.9. The Labute approximate surface area is 132 Å². The number of nitrogens with one attached hydrogen (secondary N) is 1. The highest BCUT2D eigenvalue weighted by Gasteiger charge is 2.37. The maximum Gasteiger partial charge on any atom is 0.246 e. The summed E-state index contributed by atoms with van der Waals surface area (Å²) in [5, 5.41) is 0. The van der Waals surface area contributed by atoms with Crippen LogP contribution in [0.5, 0.6) is 0 Å². The molecule has 0 amide bonds. The molecule has 0 spiro atoms. The summed E-state index contributed by atoms with van der Waals surface area (Å²) in [7, 11) is -3.59. The zero-order chi connectivity index (χ0) is 15.0. The molecule has 0 bridgehead atoms. The van der Waals surface area contributed by atoms with Crippen LogP contribution in [0.2, 0.25) is 0 Å². The first-order valence-corrected chi connectivity index (χ1v) is 9.12. The van der Waals surface area contributed by atoms with Gasteiger partial charge in [0, 0.05) is 36.3 Å². The summed E-state index contributed by atoms with van der Waals surface area (Å²) in [6.07, 6.45) is 3.72. The number of hydrogen-bond acceptors (Lipinski definition) is 6. The van der Waals surface area contributed by atoms with E-state index < -0.39 is 10.0 Å². The highest BCUT2D eigenvalue weighted by atomic mass is 79.9. The number of nitrogens with two attached hydrogens (primary N) is 1. The summed E-state index contributed by atoms with van der Waals surface area (Å²) in [5.74, 6) is 5.57. The molecule has 0 radical (unpaired) electrons. The van der Waals surface area contributed by atoms with Gasteiger partial charge in [-0.2, -0.15) is 4.31 Å². The summed E-state index contributed by atoms with van der Waals surface area (Å²) in [4.78, 5) is 6.51. The van der Waals surface area contributed by atoms with Crippen molar-refractivity contribution in [2.75, 3.05) is 31.6 Å². The zero-order valence-electron chi connectivity index (χ0n) is 11.5. The van der Waals surface area contributed by atoms with Crippen molar-refractivity contribution in [2.45, 2.75) is 23.8 Å². The molecule has 7 nitrogen and oxygen atoms in total. The fraction of sp³-hybridized carbons (Fsp3) is 0.583. The highest BCUT2D eigenvalue weighted by Crippen LogP contribution is 2.29. The second-order valence-electron chi connectivity index (χ2n) is 5.34. The van der Waals surface area contributed by atoms with E-state index in [1.54, 1.807) is 10.4 Å². The lowest BCUT2D eigenvalue weighted by Gasteiger charge is -2.36. The molecule has 0 aromatic carbocycles. The van der Waals surface area contributed by atoms with Crippen molar-refractivity contribution < 1.29 is 8.42 Å². The van der Waals surface area contributed by atoms with Crippen LogP contribution in [-0.2, 0) is 10.0 Å². The molecule has 1 aromatic heterocycles. The number of pyridine rings is 1. The largest absolute Gasteiger partial charge is 0.307 e. The minimum atomic E-state index is -3.59. The molecule has 1 unspecified atom stereocenters. The van der Waals surface area contributed by atoms with Crippen molar-refractivity contribution in [3.05, 3.63) is 16.7 Å².